The first-order chi connectivity index (χ1) is 8.00. The van der Waals surface area contributed by atoms with E-state index in [4.69, 9.17) is 0 Å². The normalized spacial score (nSPS) is 26.0. The second kappa shape index (κ2) is 5.22. The van der Waals surface area contributed by atoms with E-state index in [9.17, 15) is 8.42 Å². The van der Waals surface area contributed by atoms with Gasteiger partial charge in [0, 0.05) is 38.8 Å². The van der Waals surface area contributed by atoms with Crippen LogP contribution < -0.4 is 5.32 Å². The molecule has 1 saturated carbocycles. The lowest BCUT2D eigenvalue weighted by Gasteiger charge is -2.33. The molecule has 2 aliphatic rings. The lowest BCUT2D eigenvalue weighted by atomic mass is 10.4. The molecule has 1 aliphatic carbocycles. The predicted octanol–water partition coefficient (Wildman–Crippen LogP) is -0.296. The minimum atomic E-state index is -3.11. The topological polar surface area (TPSA) is 52.7 Å². The monoisotopic (exact) mass is 261 g/mol. The summed E-state index contributed by atoms with van der Waals surface area (Å²) in [5.41, 5.74) is 0. The number of nitrogens with zero attached hydrogens (tertiary/aromatic N) is 2. The van der Waals surface area contributed by atoms with Gasteiger partial charge in [-0.2, -0.15) is 4.31 Å². The highest BCUT2D eigenvalue weighted by molar-refractivity contribution is 7.89. The third-order valence-corrected chi connectivity index (χ3v) is 5.87. The van der Waals surface area contributed by atoms with Crippen molar-refractivity contribution < 1.29 is 8.42 Å². The molecule has 6 heteroatoms. The Morgan fingerprint density at radius 2 is 1.82 bits per heavy atom. The Bertz CT molecular complexity index is 346. The average Bonchev–Trinajstić information content (AvgIpc) is 3.10. The van der Waals surface area contributed by atoms with E-state index in [1.54, 1.807) is 4.31 Å². The van der Waals surface area contributed by atoms with Gasteiger partial charge in [-0.3, -0.25) is 0 Å². The molecule has 0 amide bonds. The summed E-state index contributed by atoms with van der Waals surface area (Å²) in [6.45, 7) is 5.32. The van der Waals surface area contributed by atoms with Gasteiger partial charge in [0.05, 0.1) is 5.25 Å². The molecule has 1 heterocycles. The number of rotatable bonds is 5. The zero-order valence-electron chi connectivity index (χ0n) is 10.7. The molecule has 100 valence electrons. The molecule has 2 fully saturated rings. The highest BCUT2D eigenvalue weighted by Crippen LogP contribution is 2.19. The van der Waals surface area contributed by atoms with Gasteiger partial charge in [0.25, 0.3) is 0 Å². The second-order valence-corrected chi connectivity index (χ2v) is 7.59. The Kier molecular flexibility index (Phi) is 4.07. The maximum Gasteiger partial charge on any atom is 0.218 e. The summed E-state index contributed by atoms with van der Waals surface area (Å²) in [6.07, 6.45) is 2.39. The van der Waals surface area contributed by atoms with Crippen LogP contribution in [0.3, 0.4) is 0 Å². The van der Waals surface area contributed by atoms with Crippen LogP contribution >= 0.6 is 0 Å². The molecule has 1 unspecified atom stereocenters. The summed E-state index contributed by atoms with van der Waals surface area (Å²) >= 11 is 0. The molecule has 17 heavy (non-hydrogen) atoms. The Morgan fingerprint density at radius 3 is 2.35 bits per heavy atom. The van der Waals surface area contributed by atoms with Crippen LogP contribution in [0.25, 0.3) is 0 Å². The molecule has 0 bridgehead atoms. The quantitative estimate of drug-likeness (QED) is 0.738. The van der Waals surface area contributed by atoms with E-state index in [-0.39, 0.29) is 5.25 Å². The summed E-state index contributed by atoms with van der Waals surface area (Å²) in [5, 5.41) is 2.98. The van der Waals surface area contributed by atoms with Crippen LogP contribution in [-0.4, -0.2) is 68.7 Å². The Morgan fingerprint density at radius 1 is 1.24 bits per heavy atom. The van der Waals surface area contributed by atoms with Crippen molar-refractivity contribution in [3.05, 3.63) is 0 Å². The molecule has 0 aromatic heterocycles. The van der Waals surface area contributed by atoms with Crippen molar-refractivity contribution in [1.82, 2.24) is 14.5 Å². The van der Waals surface area contributed by atoms with Gasteiger partial charge in [-0.1, -0.05) is 0 Å². The number of nitrogens with one attached hydrogen (secondary N) is 1. The first kappa shape index (κ1) is 13.3. The first-order valence-electron chi connectivity index (χ1n) is 6.41. The van der Waals surface area contributed by atoms with Crippen molar-refractivity contribution in [2.24, 2.45) is 0 Å². The van der Waals surface area contributed by atoms with Gasteiger partial charge >= 0.3 is 0 Å². The van der Waals surface area contributed by atoms with Gasteiger partial charge in [0.1, 0.15) is 0 Å². The summed E-state index contributed by atoms with van der Waals surface area (Å²) in [5.74, 6) is 0. The zero-order valence-corrected chi connectivity index (χ0v) is 11.5. The van der Waals surface area contributed by atoms with Crippen LogP contribution in [0.2, 0.25) is 0 Å². The summed E-state index contributed by atoms with van der Waals surface area (Å²) in [6, 6.07) is 0.570. The van der Waals surface area contributed by atoms with Crippen molar-refractivity contribution >= 4 is 10.0 Å². The molecule has 0 aromatic carbocycles. The molecule has 1 aliphatic heterocycles. The molecule has 0 spiro atoms. The number of sulfonamides is 1. The maximum atomic E-state index is 12.3. The molecule has 1 atom stereocenters. The van der Waals surface area contributed by atoms with Crippen LogP contribution in [0.5, 0.6) is 0 Å². The van der Waals surface area contributed by atoms with Crippen molar-refractivity contribution in [2.75, 3.05) is 39.8 Å². The lowest BCUT2D eigenvalue weighted by Crippen LogP contribution is -2.51. The van der Waals surface area contributed by atoms with Crippen LogP contribution in [0, 0.1) is 0 Å². The number of likely N-dealkylation sites (N-methyl/N-ethyl adjacent to an activating group) is 1. The summed E-state index contributed by atoms with van der Waals surface area (Å²) < 4.78 is 26.2. The molecule has 1 saturated heterocycles. The van der Waals surface area contributed by atoms with E-state index in [0.717, 1.165) is 13.1 Å². The van der Waals surface area contributed by atoms with Crippen molar-refractivity contribution in [3.63, 3.8) is 0 Å². The molecule has 0 radical (unpaired) electrons. The summed E-state index contributed by atoms with van der Waals surface area (Å²) in [4.78, 5) is 2.17. The molecular weight excluding hydrogens is 238 g/mol. The lowest BCUT2D eigenvalue weighted by molar-refractivity contribution is 0.221. The van der Waals surface area contributed by atoms with Gasteiger partial charge < -0.3 is 10.2 Å². The molecule has 2 rings (SSSR count). The minimum absolute atomic E-state index is 0.313. The largest absolute Gasteiger partial charge is 0.313 e. The third-order valence-electron chi connectivity index (χ3n) is 3.60. The van der Waals surface area contributed by atoms with Crippen LogP contribution in [-0.2, 0) is 10.0 Å². The molecule has 5 nitrogen and oxygen atoms in total. The third kappa shape index (κ3) is 3.40. The molecule has 1 N–H and O–H groups in total. The van der Waals surface area contributed by atoms with E-state index in [2.05, 4.69) is 10.2 Å². The Balaban J connectivity index is 1.87. The van der Waals surface area contributed by atoms with Crippen molar-refractivity contribution in [2.45, 2.75) is 31.1 Å². The average molecular weight is 261 g/mol. The Labute approximate surface area is 104 Å². The fourth-order valence-electron chi connectivity index (χ4n) is 2.02. The van der Waals surface area contributed by atoms with E-state index in [1.807, 2.05) is 14.0 Å². The van der Waals surface area contributed by atoms with E-state index >= 15 is 0 Å². The smallest absolute Gasteiger partial charge is 0.218 e. The van der Waals surface area contributed by atoms with Gasteiger partial charge in [-0.05, 0) is 26.8 Å². The number of piperazine rings is 1. The highest BCUT2D eigenvalue weighted by Gasteiger charge is 2.32. The Hall–Kier alpha value is -0.170. The van der Waals surface area contributed by atoms with Crippen molar-refractivity contribution in [1.29, 1.82) is 0 Å². The fraction of sp³-hybridized carbons (Fsp3) is 1.00. The maximum absolute atomic E-state index is 12.3. The van der Waals surface area contributed by atoms with Crippen LogP contribution in [0.4, 0.5) is 0 Å². The van der Waals surface area contributed by atoms with Gasteiger partial charge in [-0.15, -0.1) is 0 Å². The molecule has 0 aromatic rings. The number of hydrogen-bond donors (Lipinski definition) is 1. The van der Waals surface area contributed by atoms with E-state index < -0.39 is 10.0 Å². The predicted molar refractivity (Wildman–Crippen MR) is 68.5 cm³/mol. The van der Waals surface area contributed by atoms with Gasteiger partial charge in [-0.25, -0.2) is 8.42 Å². The number of hydrogen-bond acceptors (Lipinski definition) is 4. The fourth-order valence-corrected chi connectivity index (χ4v) is 3.51. The standard InChI is InChI=1S/C11H23N3O2S/c1-10(9-12-11-3-4-11)17(15,16)14-7-5-13(2)6-8-14/h10-12H,3-9H2,1-2H3. The van der Waals surface area contributed by atoms with E-state index in [0.29, 0.717) is 25.7 Å². The first-order valence-corrected chi connectivity index (χ1v) is 7.91. The van der Waals surface area contributed by atoms with Crippen molar-refractivity contribution in [3.8, 4) is 0 Å². The summed E-state index contributed by atoms with van der Waals surface area (Å²) in [7, 11) is -1.08. The highest BCUT2D eigenvalue weighted by atomic mass is 32.2. The van der Waals surface area contributed by atoms with Crippen LogP contribution in [0.1, 0.15) is 19.8 Å². The second-order valence-electron chi connectivity index (χ2n) is 5.24. The molecular formula is C11H23N3O2S. The zero-order chi connectivity index (χ0) is 12.5. The SMILES string of the molecule is CC(CNC1CC1)S(=O)(=O)N1CCN(C)CC1. The minimum Gasteiger partial charge on any atom is -0.313 e. The van der Waals surface area contributed by atoms with E-state index in [1.165, 1.54) is 12.8 Å². The van der Waals surface area contributed by atoms with Gasteiger partial charge in [0.2, 0.25) is 10.0 Å². The van der Waals surface area contributed by atoms with Gasteiger partial charge in [0.15, 0.2) is 0 Å². The van der Waals surface area contributed by atoms with Crippen LogP contribution in [0.15, 0.2) is 0 Å².